The number of ether oxygens (including phenoxy) is 2. The van der Waals surface area contributed by atoms with Crippen molar-refractivity contribution in [2.24, 2.45) is 9.98 Å². The number of carboxylic acid groups (broad SMARTS) is 1. The van der Waals surface area contributed by atoms with E-state index in [0.29, 0.717) is 122 Å². The van der Waals surface area contributed by atoms with Gasteiger partial charge in [-0.2, -0.15) is 0 Å². The number of esters is 2. The van der Waals surface area contributed by atoms with E-state index >= 15 is 0 Å². The largest absolute Gasteiger partial charge is 0.481 e. The molecule has 27 heteroatoms. The van der Waals surface area contributed by atoms with Gasteiger partial charge in [-0.1, -0.05) is 66.7 Å². The summed E-state index contributed by atoms with van der Waals surface area (Å²) in [7, 11) is 2.61. The molecule has 0 spiro atoms. The molecule has 21 nitrogen and oxygen atoms in total. The lowest BCUT2D eigenvalue weighted by molar-refractivity contribution is -0.145. The Hall–Kier alpha value is -8.64. The molecule has 0 bridgehead atoms. The Morgan fingerprint density at radius 2 is 1.09 bits per heavy atom. The number of carbonyl (C=O) groups excluding carboxylic acids is 4. The molecule has 94 heavy (non-hydrogen) atoms. The van der Waals surface area contributed by atoms with E-state index in [1.165, 1.54) is 73.3 Å². The summed E-state index contributed by atoms with van der Waals surface area (Å²) in [6.07, 6.45) is 9.15. The van der Waals surface area contributed by atoms with Gasteiger partial charge in [0.25, 0.3) is 5.54 Å². The highest BCUT2D eigenvalue weighted by Gasteiger charge is 2.53. The summed E-state index contributed by atoms with van der Waals surface area (Å²) in [6, 6.07) is 21.3. The third-order valence-electron chi connectivity index (χ3n) is 19.0. The zero-order valence-corrected chi connectivity index (χ0v) is 54.4. The summed E-state index contributed by atoms with van der Waals surface area (Å²) < 4.78 is 38.4. The molecule has 4 saturated heterocycles. The van der Waals surface area contributed by atoms with Crippen molar-refractivity contribution in [2.75, 3.05) is 89.5 Å². The van der Waals surface area contributed by atoms with Gasteiger partial charge in [0.15, 0.2) is 21.7 Å². The van der Waals surface area contributed by atoms with Crippen LogP contribution in [0.5, 0.6) is 0 Å². The van der Waals surface area contributed by atoms with Crippen LogP contribution in [-0.2, 0) is 34.8 Å². The molecule has 6 aromatic rings. The number of hydrogen-bond donors (Lipinski definition) is 3. The number of aliphatic imine (C=N–C) groups is 2. The number of benzene rings is 4. The number of carboxylic acids is 1. The number of urea groups is 2. The van der Waals surface area contributed by atoms with Crippen LogP contribution in [0.3, 0.4) is 0 Å². The summed E-state index contributed by atoms with van der Waals surface area (Å²) in [6.45, 7) is 12.5. The molecule has 6 aliphatic heterocycles. The highest BCUT2D eigenvalue weighted by molar-refractivity contribution is 7.12. The first-order valence-corrected chi connectivity index (χ1v) is 33.5. The Labute approximate surface area is 558 Å². The van der Waals surface area contributed by atoms with Crippen LogP contribution in [0.15, 0.2) is 141 Å². The first kappa shape index (κ1) is 64.1. The predicted molar refractivity (Wildman–Crippen MR) is 352 cm³/mol. The van der Waals surface area contributed by atoms with Crippen molar-refractivity contribution in [1.82, 2.24) is 40.2 Å². The lowest BCUT2D eigenvalue weighted by atomic mass is 9.69. The minimum atomic E-state index is -0.875. The van der Waals surface area contributed by atoms with Crippen molar-refractivity contribution in [1.29, 1.82) is 0 Å². The molecule has 2 aromatic heterocycles. The number of piperazine rings is 2. The second kappa shape index (κ2) is 26.6. The van der Waals surface area contributed by atoms with Crippen molar-refractivity contribution < 1.29 is 47.3 Å². The fraction of sp³-hybridized carbons (Fsp3) is 0.373. The average Bonchev–Trinajstić information content (AvgIpc) is 1.55. The number of anilines is 2. The van der Waals surface area contributed by atoms with Crippen molar-refractivity contribution in [3.8, 4) is 0 Å². The van der Waals surface area contributed by atoms with Crippen LogP contribution < -0.4 is 20.4 Å². The fourth-order valence-corrected chi connectivity index (χ4v) is 15.6. The Morgan fingerprint density at radius 3 is 1.47 bits per heavy atom. The molecule has 8 heterocycles. The van der Waals surface area contributed by atoms with E-state index < -0.39 is 47.0 Å². The molecule has 486 valence electrons. The van der Waals surface area contributed by atoms with Crippen LogP contribution in [0.4, 0.5) is 29.7 Å². The highest BCUT2D eigenvalue weighted by atomic mass is 35.5. The number of rotatable bonds is 15. The quantitative estimate of drug-likeness (QED) is 0.0643. The van der Waals surface area contributed by atoms with Gasteiger partial charge in [-0.3, -0.25) is 34.4 Å². The van der Waals surface area contributed by atoms with Gasteiger partial charge in [0.05, 0.1) is 42.9 Å². The number of nitrogens with zero attached hydrogens (tertiary/aromatic N) is 11. The summed E-state index contributed by atoms with van der Waals surface area (Å²) >= 11 is 15.8. The van der Waals surface area contributed by atoms with Crippen LogP contribution in [-0.4, -0.2) is 168 Å². The van der Waals surface area contributed by atoms with Gasteiger partial charge in [0.2, 0.25) is 0 Å². The lowest BCUT2D eigenvalue weighted by Gasteiger charge is -2.38. The van der Waals surface area contributed by atoms with Gasteiger partial charge < -0.3 is 39.9 Å². The molecule has 2 aliphatic carbocycles. The molecular weight excluding hydrogens is 1290 g/mol. The van der Waals surface area contributed by atoms with E-state index in [1.54, 1.807) is 22.2 Å². The van der Waals surface area contributed by atoms with E-state index in [4.69, 9.17) is 49.2 Å². The van der Waals surface area contributed by atoms with Crippen LogP contribution in [0, 0.1) is 18.2 Å². The number of fused-ring (bicyclic) bond motifs is 2. The second-order valence-corrected chi connectivity index (χ2v) is 27.0. The number of hydrogen-bond acceptors (Lipinski definition) is 17. The van der Waals surface area contributed by atoms with Gasteiger partial charge in [-0.05, 0) is 79.1 Å². The lowest BCUT2D eigenvalue weighted by Crippen LogP contribution is -2.53. The molecule has 3 N–H and O–H groups in total. The number of aromatic nitrogens is 2. The Morgan fingerprint density at radius 1 is 0.638 bits per heavy atom. The van der Waals surface area contributed by atoms with E-state index in [1.807, 2.05) is 69.1 Å². The number of aliphatic carboxylic acids is 1. The number of nitrogens with one attached hydrogen (secondary N) is 2. The number of carbonyl (C=O) groups is 5. The van der Waals surface area contributed by atoms with Gasteiger partial charge >= 0.3 is 30.0 Å². The third kappa shape index (κ3) is 12.4. The molecule has 4 amide bonds. The SMILES string of the molecule is COC(=O)C1=C(CN2CCN3C(=O)N(c4ccc(C5(C(=O)O)CCCCC5)cc4)C[C@@H]3C2)NC(c2nccs2)=N[C@H]1c1ccc(F)cc1Cl.[C-]#[N+]C1(c2ccc(N3C[C@@H]4CN(CC5=C(C(=O)OC)[C@H](c6ccc(F)cc6Cl)N=C(c6nccs6)N5)CCN4C3=O)cc2)CC1. The van der Waals surface area contributed by atoms with Crippen LogP contribution in [0.1, 0.15) is 89.3 Å². The molecular formula is C67H65Cl2F2N13O8S2. The van der Waals surface area contributed by atoms with Crippen molar-refractivity contribution in [3.05, 3.63) is 196 Å². The highest BCUT2D eigenvalue weighted by Crippen LogP contribution is 2.50. The normalized spacial score (nSPS) is 22.4. The van der Waals surface area contributed by atoms with Gasteiger partial charge in [-0.25, -0.2) is 44.5 Å². The Bertz CT molecular complexity index is 4120. The predicted octanol–water partition coefficient (Wildman–Crippen LogP) is 10.4. The first-order valence-electron chi connectivity index (χ1n) is 30.9. The fourth-order valence-electron chi connectivity index (χ4n) is 13.9. The standard InChI is InChI=1S/C35H36ClFN6O5S.C32H29ClFN7O3S/c1-48-32(44)28-27(39-30(31-38-13-16-49-31)40-29(28)25-10-7-22(37)17-26(25)36)20-41-14-15-42-24(18-41)19-43(34(42)47)23-8-5-21(6-9-23)35(33(45)46)11-3-2-4-12-35;1-35-32(9-10-32)19-3-6-21(7-4-19)41-17-22-16-39(12-13-40(22)31(41)43)18-25-26(30(42)44-2)27(23-8-5-20(34)15-24(23)33)38-28(37-25)29-36-11-14-45-29/h5-10,13,16-17,24,29H,2-4,11-12,14-15,18-20H2,1H3,(H,39,40)(H,45,46);3-8,11,14-15,22,27H,9-10,12-13,16-18H2,2H3,(H,37,38)/t24-,29-;22-,27-/m00/s1. The molecule has 0 unspecified atom stereocenters. The summed E-state index contributed by atoms with van der Waals surface area (Å²) in [5, 5.41) is 22.0. The zero-order valence-electron chi connectivity index (χ0n) is 51.3. The third-order valence-corrected chi connectivity index (χ3v) is 21.2. The van der Waals surface area contributed by atoms with Gasteiger partial charge in [0.1, 0.15) is 23.7 Å². The van der Waals surface area contributed by atoms with Crippen LogP contribution >= 0.6 is 45.9 Å². The smallest absolute Gasteiger partial charge is 0.338 e. The number of methoxy groups -OCH3 is 2. The van der Waals surface area contributed by atoms with Crippen molar-refractivity contribution in [2.45, 2.75) is 80.1 Å². The van der Waals surface area contributed by atoms with Crippen molar-refractivity contribution >= 4 is 98.9 Å². The number of halogens is 4. The van der Waals surface area contributed by atoms with Crippen LogP contribution in [0.25, 0.3) is 4.85 Å². The molecule has 2 saturated carbocycles. The van der Waals surface area contributed by atoms with E-state index in [-0.39, 0.29) is 50.9 Å². The topological polar surface area (TPSA) is 222 Å². The maximum Gasteiger partial charge on any atom is 0.338 e. The van der Waals surface area contributed by atoms with E-state index in [2.05, 4.69) is 35.2 Å². The molecule has 14 rings (SSSR count). The average molecular weight is 1350 g/mol. The van der Waals surface area contributed by atoms with Gasteiger partial charge in [-0.15, -0.1) is 22.7 Å². The van der Waals surface area contributed by atoms with Crippen LogP contribution in [0.2, 0.25) is 10.0 Å². The Kier molecular flexibility index (Phi) is 18.2. The monoisotopic (exact) mass is 1350 g/mol. The summed E-state index contributed by atoms with van der Waals surface area (Å²) in [5.74, 6) is -1.99. The molecule has 4 atom stereocenters. The molecule has 8 aliphatic rings. The first-order chi connectivity index (χ1) is 45.5. The van der Waals surface area contributed by atoms with E-state index in [0.717, 1.165) is 54.6 Å². The molecule has 6 fully saturated rings. The maximum atomic E-state index is 14.0. The summed E-state index contributed by atoms with van der Waals surface area (Å²) in [5.41, 5.74) is 4.72. The molecule has 4 aromatic carbocycles. The minimum Gasteiger partial charge on any atom is -0.481 e. The number of amides is 4. The Balaban J connectivity index is 0.000000171. The minimum absolute atomic E-state index is 0.0341. The summed E-state index contributed by atoms with van der Waals surface area (Å²) in [4.78, 5) is 100.0. The second-order valence-electron chi connectivity index (χ2n) is 24.4. The van der Waals surface area contributed by atoms with Gasteiger partial charge in [0, 0.05) is 151 Å². The van der Waals surface area contributed by atoms with Crippen molar-refractivity contribution in [3.63, 3.8) is 0 Å². The number of amidine groups is 2. The van der Waals surface area contributed by atoms with E-state index in [9.17, 15) is 37.9 Å². The maximum absolute atomic E-state index is 14.0. The molecule has 0 radical (unpaired) electrons. The zero-order chi connectivity index (χ0) is 65.6. The number of thiazole rings is 2.